The molecule has 5 heteroatoms. The molecule has 1 aliphatic rings. The quantitative estimate of drug-likeness (QED) is 0.567. The number of fused-ring (bicyclic) bond motifs is 2. The Kier molecular flexibility index (Phi) is 4.08. The number of imidazole rings is 1. The molecule has 1 aliphatic heterocycles. The van der Waals surface area contributed by atoms with Gasteiger partial charge < -0.3 is 9.88 Å². The Labute approximate surface area is 163 Å². The number of nitrogens with one attached hydrogen (secondary N) is 1. The number of H-pyrrole nitrogens is 1. The molecule has 28 heavy (non-hydrogen) atoms. The average molecular weight is 370 g/mol. The number of hydrogen-bond acceptors (Lipinski definition) is 3. The maximum absolute atomic E-state index is 13.3. The number of pyridine rings is 1. The zero-order valence-electron chi connectivity index (χ0n) is 15.9. The molecule has 1 fully saturated rings. The van der Waals surface area contributed by atoms with E-state index < -0.39 is 0 Å². The average Bonchev–Trinajstić information content (AvgIpc) is 3.19. The number of likely N-dealkylation sites (tertiary alicyclic amines) is 1. The lowest BCUT2D eigenvalue weighted by atomic mass is 9.96. The number of aromatic nitrogens is 3. The van der Waals surface area contributed by atoms with Gasteiger partial charge in [-0.15, -0.1) is 0 Å². The largest absolute Gasteiger partial charge is 0.342 e. The number of rotatable bonds is 2. The van der Waals surface area contributed by atoms with Gasteiger partial charge in [-0.25, -0.2) is 4.98 Å². The number of amides is 1. The minimum absolute atomic E-state index is 0.0568. The highest BCUT2D eigenvalue weighted by Gasteiger charge is 2.28. The summed E-state index contributed by atoms with van der Waals surface area (Å²) in [5.41, 5.74) is 4.72. The minimum Gasteiger partial charge on any atom is -0.342 e. The molecule has 0 aliphatic carbocycles. The maximum Gasteiger partial charge on any atom is 0.256 e. The lowest BCUT2D eigenvalue weighted by Crippen LogP contribution is -2.39. The van der Waals surface area contributed by atoms with Gasteiger partial charge in [-0.1, -0.05) is 30.3 Å². The van der Waals surface area contributed by atoms with Gasteiger partial charge in [-0.05, 0) is 43.5 Å². The van der Waals surface area contributed by atoms with Crippen molar-refractivity contribution < 1.29 is 4.79 Å². The van der Waals surface area contributed by atoms with E-state index in [-0.39, 0.29) is 11.8 Å². The zero-order valence-corrected chi connectivity index (χ0v) is 15.9. The predicted molar refractivity (Wildman–Crippen MR) is 110 cm³/mol. The minimum atomic E-state index is 0.0568. The number of aromatic amines is 1. The summed E-state index contributed by atoms with van der Waals surface area (Å²) in [6.07, 6.45) is 3.76. The molecular weight excluding hydrogens is 348 g/mol. The fourth-order valence-corrected chi connectivity index (χ4v) is 4.22. The molecule has 0 unspecified atom stereocenters. The number of para-hydroxylation sites is 2. The van der Waals surface area contributed by atoms with Crippen LogP contribution < -0.4 is 0 Å². The second-order valence-corrected chi connectivity index (χ2v) is 7.56. The van der Waals surface area contributed by atoms with Gasteiger partial charge in [-0.3, -0.25) is 9.78 Å². The van der Waals surface area contributed by atoms with Crippen LogP contribution >= 0.6 is 0 Å². The van der Waals surface area contributed by atoms with Crippen LogP contribution in [0.3, 0.4) is 0 Å². The highest BCUT2D eigenvalue weighted by atomic mass is 16.2. The molecule has 2 aromatic heterocycles. The van der Waals surface area contributed by atoms with E-state index >= 15 is 0 Å². The van der Waals surface area contributed by atoms with E-state index in [1.165, 1.54) is 5.56 Å². The van der Waals surface area contributed by atoms with Gasteiger partial charge in [0.2, 0.25) is 0 Å². The molecule has 0 bridgehead atoms. The molecule has 0 saturated carbocycles. The Hall–Kier alpha value is -3.21. The van der Waals surface area contributed by atoms with Gasteiger partial charge in [0.1, 0.15) is 5.82 Å². The third-order valence-electron chi connectivity index (χ3n) is 5.69. The normalized spacial score (nSPS) is 17.3. The topological polar surface area (TPSA) is 61.9 Å². The molecule has 5 nitrogen and oxygen atoms in total. The van der Waals surface area contributed by atoms with E-state index in [1.807, 2.05) is 41.3 Å². The van der Waals surface area contributed by atoms with Crippen LogP contribution in [0.1, 0.15) is 40.5 Å². The van der Waals surface area contributed by atoms with Crippen LogP contribution in [0.4, 0.5) is 0 Å². The Balaban J connectivity index is 1.44. The molecule has 4 aromatic rings. The predicted octanol–water partition coefficient (Wildman–Crippen LogP) is 4.44. The van der Waals surface area contributed by atoms with Crippen molar-refractivity contribution in [1.29, 1.82) is 0 Å². The van der Waals surface area contributed by atoms with Crippen molar-refractivity contribution in [1.82, 2.24) is 19.9 Å². The summed E-state index contributed by atoms with van der Waals surface area (Å²) in [6.45, 7) is 3.54. The molecule has 5 rings (SSSR count). The summed E-state index contributed by atoms with van der Waals surface area (Å²) >= 11 is 0. The summed E-state index contributed by atoms with van der Waals surface area (Å²) in [5, 5.41) is 0.995. The Morgan fingerprint density at radius 1 is 1.11 bits per heavy atom. The summed E-state index contributed by atoms with van der Waals surface area (Å²) < 4.78 is 0. The van der Waals surface area contributed by atoms with Crippen LogP contribution in [0, 0.1) is 6.92 Å². The molecule has 0 spiro atoms. The van der Waals surface area contributed by atoms with E-state index in [1.54, 1.807) is 6.20 Å². The van der Waals surface area contributed by atoms with Crippen LogP contribution in [-0.2, 0) is 0 Å². The molecule has 3 heterocycles. The highest BCUT2D eigenvalue weighted by Crippen LogP contribution is 2.29. The zero-order chi connectivity index (χ0) is 19.1. The fourth-order valence-electron chi connectivity index (χ4n) is 4.22. The van der Waals surface area contributed by atoms with Gasteiger partial charge in [0.05, 0.1) is 22.1 Å². The van der Waals surface area contributed by atoms with Crippen molar-refractivity contribution in [2.24, 2.45) is 0 Å². The summed E-state index contributed by atoms with van der Waals surface area (Å²) in [5.74, 6) is 1.27. The fraction of sp³-hybridized carbons (Fsp3) is 0.261. The number of piperidine rings is 1. The number of carbonyl (C=O) groups is 1. The van der Waals surface area contributed by atoms with Crippen molar-refractivity contribution in [3.05, 3.63) is 71.7 Å². The lowest BCUT2D eigenvalue weighted by molar-refractivity contribution is 0.0706. The van der Waals surface area contributed by atoms with E-state index in [4.69, 9.17) is 4.98 Å². The molecule has 0 radical (unpaired) electrons. The second-order valence-electron chi connectivity index (χ2n) is 7.56. The molecule has 140 valence electrons. The van der Waals surface area contributed by atoms with Crippen LogP contribution in [0.2, 0.25) is 0 Å². The van der Waals surface area contributed by atoms with Gasteiger partial charge >= 0.3 is 0 Å². The summed E-state index contributed by atoms with van der Waals surface area (Å²) in [4.78, 5) is 28.0. The number of nitrogens with zero attached hydrogens (tertiary/aromatic N) is 3. The number of hydrogen-bond donors (Lipinski definition) is 1. The number of benzene rings is 2. The van der Waals surface area contributed by atoms with Crippen molar-refractivity contribution in [3.63, 3.8) is 0 Å². The van der Waals surface area contributed by atoms with E-state index in [0.29, 0.717) is 12.1 Å². The van der Waals surface area contributed by atoms with E-state index in [9.17, 15) is 4.79 Å². The number of aryl methyl sites for hydroxylation is 1. The molecule has 1 atom stereocenters. The first-order chi connectivity index (χ1) is 13.7. The molecule has 1 amide bonds. The molecule has 2 aromatic carbocycles. The van der Waals surface area contributed by atoms with Gasteiger partial charge in [0, 0.05) is 30.6 Å². The van der Waals surface area contributed by atoms with E-state index in [2.05, 4.69) is 29.0 Å². The smallest absolute Gasteiger partial charge is 0.256 e. The first-order valence-corrected chi connectivity index (χ1v) is 9.79. The maximum atomic E-state index is 13.3. The Bertz CT molecular complexity index is 1170. The van der Waals surface area contributed by atoms with Crippen molar-refractivity contribution in [2.75, 3.05) is 13.1 Å². The lowest BCUT2D eigenvalue weighted by Gasteiger charge is -2.32. The first kappa shape index (κ1) is 16.9. The first-order valence-electron chi connectivity index (χ1n) is 9.79. The Morgan fingerprint density at radius 2 is 1.96 bits per heavy atom. The van der Waals surface area contributed by atoms with Crippen LogP contribution in [0.25, 0.3) is 21.9 Å². The van der Waals surface area contributed by atoms with Crippen LogP contribution in [0.5, 0.6) is 0 Å². The van der Waals surface area contributed by atoms with Gasteiger partial charge in [-0.2, -0.15) is 0 Å². The summed E-state index contributed by atoms with van der Waals surface area (Å²) in [7, 11) is 0. The highest BCUT2D eigenvalue weighted by molar-refractivity contribution is 6.05. The van der Waals surface area contributed by atoms with Gasteiger partial charge in [0.15, 0.2) is 0 Å². The Morgan fingerprint density at radius 3 is 2.86 bits per heavy atom. The number of carbonyl (C=O) groups excluding carboxylic acids is 1. The third-order valence-corrected chi connectivity index (χ3v) is 5.69. The standard InChI is InChI=1S/C23H22N4O/c1-15-6-2-11-19-20(15)26-22(25-19)17-9-5-13-27(14-17)23(28)18-10-3-7-16-8-4-12-24-21(16)18/h2-4,6-8,10-12,17H,5,9,13-14H2,1H3,(H,25,26)/t17-/m0/s1. The van der Waals surface area contributed by atoms with Crippen LogP contribution in [0.15, 0.2) is 54.7 Å². The van der Waals surface area contributed by atoms with E-state index in [0.717, 1.165) is 47.1 Å². The molecule has 1 N–H and O–H groups in total. The summed E-state index contributed by atoms with van der Waals surface area (Å²) in [6, 6.07) is 15.9. The van der Waals surface area contributed by atoms with Crippen LogP contribution in [-0.4, -0.2) is 38.8 Å². The van der Waals surface area contributed by atoms with Gasteiger partial charge in [0.25, 0.3) is 5.91 Å². The van der Waals surface area contributed by atoms with Crippen molar-refractivity contribution >= 4 is 27.8 Å². The van der Waals surface area contributed by atoms with Crippen molar-refractivity contribution in [2.45, 2.75) is 25.7 Å². The van der Waals surface area contributed by atoms with Crippen molar-refractivity contribution in [3.8, 4) is 0 Å². The molecular formula is C23H22N4O. The third kappa shape index (κ3) is 2.83. The molecule has 1 saturated heterocycles. The second kappa shape index (κ2) is 6.75. The monoisotopic (exact) mass is 370 g/mol. The SMILES string of the molecule is Cc1cccc2[nH]c([C@H]3CCCN(C(=O)c4cccc5cccnc45)C3)nc12.